The van der Waals surface area contributed by atoms with Crippen LogP contribution in [0.5, 0.6) is 0 Å². The van der Waals surface area contributed by atoms with Crippen LogP contribution in [-0.4, -0.2) is 5.11 Å². The van der Waals surface area contributed by atoms with Crippen LogP contribution < -0.4 is 0 Å². The SMILES string of the molecule is CCCCC(O)(CCCC)c1ccccc1C(C)C. The van der Waals surface area contributed by atoms with E-state index in [-0.39, 0.29) is 0 Å². The fourth-order valence-corrected chi connectivity index (χ4v) is 2.76. The number of benzene rings is 1. The second kappa shape index (κ2) is 7.69. The smallest absolute Gasteiger partial charge is 0.0899 e. The Balaban J connectivity index is 3.08. The van der Waals surface area contributed by atoms with Gasteiger partial charge in [-0.1, -0.05) is 77.6 Å². The third-order valence-electron chi connectivity index (χ3n) is 3.97. The summed E-state index contributed by atoms with van der Waals surface area (Å²) >= 11 is 0. The van der Waals surface area contributed by atoms with Gasteiger partial charge in [0.25, 0.3) is 0 Å². The monoisotopic (exact) mass is 262 g/mol. The highest BCUT2D eigenvalue weighted by Crippen LogP contribution is 2.37. The Morgan fingerprint density at radius 1 is 1.00 bits per heavy atom. The summed E-state index contributed by atoms with van der Waals surface area (Å²) in [5.74, 6) is 0.464. The third kappa shape index (κ3) is 4.35. The molecule has 0 saturated carbocycles. The molecular weight excluding hydrogens is 232 g/mol. The minimum absolute atomic E-state index is 0.464. The van der Waals surface area contributed by atoms with Crippen LogP contribution >= 0.6 is 0 Å². The van der Waals surface area contributed by atoms with E-state index in [9.17, 15) is 5.11 Å². The molecule has 1 N–H and O–H groups in total. The van der Waals surface area contributed by atoms with Crippen LogP contribution in [-0.2, 0) is 5.60 Å². The second-order valence-electron chi connectivity index (χ2n) is 5.98. The third-order valence-corrected chi connectivity index (χ3v) is 3.97. The van der Waals surface area contributed by atoms with Gasteiger partial charge in [0.05, 0.1) is 5.60 Å². The number of aliphatic hydroxyl groups is 1. The first-order chi connectivity index (χ1) is 9.05. The molecule has 1 heteroatoms. The van der Waals surface area contributed by atoms with E-state index in [0.29, 0.717) is 5.92 Å². The molecule has 0 aliphatic rings. The zero-order valence-electron chi connectivity index (χ0n) is 13.1. The normalized spacial score (nSPS) is 12.1. The van der Waals surface area contributed by atoms with Gasteiger partial charge in [-0.2, -0.15) is 0 Å². The van der Waals surface area contributed by atoms with E-state index in [1.165, 1.54) is 5.56 Å². The fourth-order valence-electron chi connectivity index (χ4n) is 2.76. The van der Waals surface area contributed by atoms with E-state index < -0.39 is 5.60 Å². The number of unbranched alkanes of at least 4 members (excludes halogenated alkanes) is 2. The molecule has 0 amide bonds. The van der Waals surface area contributed by atoms with Gasteiger partial charge in [0.2, 0.25) is 0 Å². The Labute approximate surface area is 119 Å². The molecule has 0 aromatic heterocycles. The molecule has 0 fully saturated rings. The largest absolute Gasteiger partial charge is 0.385 e. The van der Waals surface area contributed by atoms with Crippen molar-refractivity contribution < 1.29 is 5.11 Å². The summed E-state index contributed by atoms with van der Waals surface area (Å²) in [4.78, 5) is 0. The quantitative estimate of drug-likeness (QED) is 0.667. The Kier molecular flexibility index (Phi) is 6.57. The van der Waals surface area contributed by atoms with Gasteiger partial charge in [0, 0.05) is 0 Å². The summed E-state index contributed by atoms with van der Waals surface area (Å²) in [6.45, 7) is 8.79. The van der Waals surface area contributed by atoms with Crippen molar-refractivity contribution in [3.63, 3.8) is 0 Å². The van der Waals surface area contributed by atoms with Crippen LogP contribution in [0.4, 0.5) is 0 Å². The summed E-state index contributed by atoms with van der Waals surface area (Å²) < 4.78 is 0. The van der Waals surface area contributed by atoms with Crippen LogP contribution in [0.3, 0.4) is 0 Å². The molecule has 108 valence electrons. The van der Waals surface area contributed by atoms with Gasteiger partial charge in [-0.3, -0.25) is 0 Å². The maximum absolute atomic E-state index is 11.2. The highest BCUT2D eigenvalue weighted by Gasteiger charge is 2.30. The highest BCUT2D eigenvalue weighted by atomic mass is 16.3. The van der Waals surface area contributed by atoms with Crippen molar-refractivity contribution >= 4 is 0 Å². The van der Waals surface area contributed by atoms with Crippen LogP contribution in [0.15, 0.2) is 24.3 Å². The predicted molar refractivity (Wildman–Crippen MR) is 83.5 cm³/mol. The lowest BCUT2D eigenvalue weighted by molar-refractivity contribution is 0.0131. The fraction of sp³-hybridized carbons (Fsp3) is 0.667. The van der Waals surface area contributed by atoms with E-state index in [4.69, 9.17) is 0 Å². The van der Waals surface area contributed by atoms with Gasteiger partial charge >= 0.3 is 0 Å². The number of hydrogen-bond donors (Lipinski definition) is 1. The molecule has 0 aliphatic carbocycles. The van der Waals surface area contributed by atoms with Gasteiger partial charge in [-0.15, -0.1) is 0 Å². The Morgan fingerprint density at radius 3 is 2.00 bits per heavy atom. The van der Waals surface area contributed by atoms with Crippen molar-refractivity contribution in [1.29, 1.82) is 0 Å². The van der Waals surface area contributed by atoms with E-state index >= 15 is 0 Å². The highest BCUT2D eigenvalue weighted by molar-refractivity contribution is 5.34. The molecule has 1 nitrogen and oxygen atoms in total. The van der Waals surface area contributed by atoms with Crippen LogP contribution in [0.1, 0.15) is 83.3 Å². The zero-order chi connectivity index (χ0) is 14.3. The molecule has 0 saturated heterocycles. The van der Waals surface area contributed by atoms with Gasteiger partial charge in [0.1, 0.15) is 0 Å². The molecule has 0 radical (unpaired) electrons. The van der Waals surface area contributed by atoms with Crippen molar-refractivity contribution in [1.82, 2.24) is 0 Å². The van der Waals surface area contributed by atoms with E-state index in [0.717, 1.165) is 44.1 Å². The van der Waals surface area contributed by atoms with Crippen LogP contribution in [0.2, 0.25) is 0 Å². The second-order valence-corrected chi connectivity index (χ2v) is 5.98. The van der Waals surface area contributed by atoms with Gasteiger partial charge in [-0.05, 0) is 29.9 Å². The number of rotatable bonds is 8. The van der Waals surface area contributed by atoms with Crippen molar-refractivity contribution in [2.24, 2.45) is 0 Å². The van der Waals surface area contributed by atoms with Gasteiger partial charge < -0.3 is 5.11 Å². The van der Waals surface area contributed by atoms with Crippen molar-refractivity contribution in [2.75, 3.05) is 0 Å². The first kappa shape index (κ1) is 16.2. The lowest BCUT2D eigenvalue weighted by Crippen LogP contribution is -2.27. The molecule has 0 bridgehead atoms. The summed E-state index contributed by atoms with van der Waals surface area (Å²) in [6, 6.07) is 8.44. The molecule has 1 aromatic carbocycles. The van der Waals surface area contributed by atoms with E-state index in [1.807, 2.05) is 0 Å². The average Bonchev–Trinajstić information content (AvgIpc) is 2.43. The van der Waals surface area contributed by atoms with Crippen molar-refractivity contribution in [3.8, 4) is 0 Å². The zero-order valence-corrected chi connectivity index (χ0v) is 13.1. The molecular formula is C18H30O. The maximum Gasteiger partial charge on any atom is 0.0899 e. The molecule has 1 rings (SSSR count). The van der Waals surface area contributed by atoms with Gasteiger partial charge in [0.15, 0.2) is 0 Å². The molecule has 0 atom stereocenters. The summed E-state index contributed by atoms with van der Waals surface area (Å²) in [5.41, 5.74) is 1.83. The standard InChI is InChI=1S/C18H30O/c1-5-7-13-18(19,14-8-6-2)17-12-10-9-11-16(17)15(3)4/h9-12,15,19H,5-8,13-14H2,1-4H3. The minimum atomic E-state index is -0.632. The van der Waals surface area contributed by atoms with Gasteiger partial charge in [-0.25, -0.2) is 0 Å². The topological polar surface area (TPSA) is 20.2 Å². The van der Waals surface area contributed by atoms with E-state index in [1.54, 1.807) is 0 Å². The lowest BCUT2D eigenvalue weighted by Gasteiger charge is -2.32. The van der Waals surface area contributed by atoms with Crippen molar-refractivity contribution in [3.05, 3.63) is 35.4 Å². The molecule has 0 heterocycles. The van der Waals surface area contributed by atoms with E-state index in [2.05, 4.69) is 52.0 Å². The van der Waals surface area contributed by atoms with Crippen LogP contribution in [0.25, 0.3) is 0 Å². The first-order valence-electron chi connectivity index (χ1n) is 7.87. The molecule has 0 unspecified atom stereocenters. The summed E-state index contributed by atoms with van der Waals surface area (Å²) in [5, 5.41) is 11.2. The predicted octanol–water partition coefficient (Wildman–Crippen LogP) is 5.38. The van der Waals surface area contributed by atoms with Crippen molar-refractivity contribution in [2.45, 2.75) is 77.7 Å². The molecule has 19 heavy (non-hydrogen) atoms. The number of hydrogen-bond acceptors (Lipinski definition) is 1. The minimum Gasteiger partial charge on any atom is -0.385 e. The first-order valence-corrected chi connectivity index (χ1v) is 7.87. The Morgan fingerprint density at radius 2 is 1.53 bits per heavy atom. The summed E-state index contributed by atoms with van der Waals surface area (Å²) in [6.07, 6.45) is 6.22. The molecule has 1 aromatic rings. The lowest BCUT2D eigenvalue weighted by atomic mass is 9.79. The molecule has 0 aliphatic heterocycles. The Bertz CT molecular complexity index is 360. The summed E-state index contributed by atoms with van der Waals surface area (Å²) in [7, 11) is 0. The average molecular weight is 262 g/mol. The van der Waals surface area contributed by atoms with Crippen LogP contribution in [0, 0.1) is 0 Å². The molecule has 0 spiro atoms. The maximum atomic E-state index is 11.2. The Hall–Kier alpha value is -0.820.